The van der Waals surface area contributed by atoms with Crippen LogP contribution >= 0.6 is 0 Å². The van der Waals surface area contributed by atoms with Crippen LogP contribution in [0.15, 0.2) is 49.1 Å². The summed E-state index contributed by atoms with van der Waals surface area (Å²) < 4.78 is 6.22. The van der Waals surface area contributed by atoms with Crippen LogP contribution in [0.5, 0.6) is 11.8 Å². The smallest absolute Gasteiger partial charge is 0.318 e. The molecule has 1 aromatic heterocycles. The van der Waals surface area contributed by atoms with Crippen LogP contribution in [0.2, 0.25) is 0 Å². The third-order valence-electron chi connectivity index (χ3n) is 7.32. The number of piperazine rings is 1. The molecule has 2 aliphatic rings. The number of aliphatic hydroxyl groups is 1. The number of hydrogen-bond acceptors (Lipinski definition) is 9. The van der Waals surface area contributed by atoms with Gasteiger partial charge in [0.05, 0.1) is 12.2 Å². The number of aromatic nitrogens is 2. The standard InChI is InChI=1S/C29H38N6O3/c1-5-27(37)33-12-14-34(15-13-33)28-24-10-11-35(26-17-22(36)16-21-8-6-7-9-23(21)26)19-25(24)30-29(31-28)38-20(2)18-32(3)4/h5-9,16-17,20,27,36-37H,1,10-15,18-19H2,2-4H3/t20-,27?/m1/s1. The summed E-state index contributed by atoms with van der Waals surface area (Å²) in [6, 6.07) is 12.2. The minimum absolute atomic E-state index is 0.0646. The van der Waals surface area contributed by atoms with Crippen molar-refractivity contribution >= 4 is 22.3 Å². The van der Waals surface area contributed by atoms with E-state index in [0.29, 0.717) is 12.6 Å². The summed E-state index contributed by atoms with van der Waals surface area (Å²) in [5.41, 5.74) is 3.10. The van der Waals surface area contributed by atoms with E-state index in [1.807, 2.05) is 50.2 Å². The number of benzene rings is 2. The molecule has 2 N–H and O–H groups in total. The molecular formula is C29H38N6O3. The zero-order chi connectivity index (χ0) is 26.8. The number of anilines is 2. The van der Waals surface area contributed by atoms with Gasteiger partial charge < -0.3 is 29.6 Å². The molecule has 0 radical (unpaired) electrons. The molecule has 5 rings (SSSR count). The maximum absolute atomic E-state index is 10.4. The van der Waals surface area contributed by atoms with Crippen molar-refractivity contribution in [3.8, 4) is 11.8 Å². The molecule has 9 nitrogen and oxygen atoms in total. The molecule has 2 aliphatic heterocycles. The molecular weight excluding hydrogens is 480 g/mol. The van der Waals surface area contributed by atoms with Gasteiger partial charge in [-0.1, -0.05) is 30.8 Å². The Morgan fingerprint density at radius 2 is 1.84 bits per heavy atom. The molecule has 0 bridgehead atoms. The van der Waals surface area contributed by atoms with E-state index in [-0.39, 0.29) is 11.9 Å². The minimum atomic E-state index is -0.632. The molecule has 0 saturated carbocycles. The monoisotopic (exact) mass is 518 g/mol. The number of phenolic OH excluding ortho intramolecular Hbond substituents is 1. The van der Waals surface area contributed by atoms with E-state index >= 15 is 0 Å². The molecule has 2 atom stereocenters. The van der Waals surface area contributed by atoms with Gasteiger partial charge in [0.15, 0.2) is 0 Å². The Hall–Kier alpha value is -3.40. The van der Waals surface area contributed by atoms with Crippen molar-refractivity contribution in [2.45, 2.75) is 32.2 Å². The first kappa shape index (κ1) is 26.2. The minimum Gasteiger partial charge on any atom is -0.508 e. The van der Waals surface area contributed by atoms with Crippen LogP contribution in [0.25, 0.3) is 10.8 Å². The number of aliphatic hydroxyl groups excluding tert-OH is 1. The molecule has 0 aliphatic carbocycles. The fourth-order valence-corrected chi connectivity index (χ4v) is 5.52. The van der Waals surface area contributed by atoms with Crippen LogP contribution < -0.4 is 14.5 Å². The van der Waals surface area contributed by atoms with Crippen LogP contribution in [-0.4, -0.2) is 95.7 Å². The van der Waals surface area contributed by atoms with Crippen LogP contribution in [0.1, 0.15) is 18.2 Å². The lowest BCUT2D eigenvalue weighted by Crippen LogP contribution is -2.50. The quantitative estimate of drug-likeness (QED) is 0.437. The Bertz CT molecular complexity index is 1290. The number of likely N-dealkylation sites (N-methyl/N-ethyl adjacent to an activating group) is 1. The number of rotatable bonds is 8. The second-order valence-corrected chi connectivity index (χ2v) is 10.5. The van der Waals surface area contributed by atoms with Gasteiger partial charge in [0.2, 0.25) is 0 Å². The summed E-state index contributed by atoms with van der Waals surface area (Å²) in [5, 5.41) is 22.7. The van der Waals surface area contributed by atoms with Crippen molar-refractivity contribution in [1.82, 2.24) is 19.8 Å². The van der Waals surface area contributed by atoms with Gasteiger partial charge in [-0.2, -0.15) is 9.97 Å². The Morgan fingerprint density at radius 1 is 1.08 bits per heavy atom. The number of nitrogens with zero attached hydrogens (tertiary/aromatic N) is 6. The fourth-order valence-electron chi connectivity index (χ4n) is 5.52. The molecule has 3 heterocycles. The number of hydrogen-bond donors (Lipinski definition) is 2. The first-order valence-corrected chi connectivity index (χ1v) is 13.3. The van der Waals surface area contributed by atoms with E-state index in [4.69, 9.17) is 14.7 Å². The third kappa shape index (κ3) is 5.55. The van der Waals surface area contributed by atoms with Crippen LogP contribution in [-0.2, 0) is 13.0 Å². The second kappa shape index (κ2) is 11.1. The van der Waals surface area contributed by atoms with E-state index in [1.165, 1.54) is 0 Å². The van der Waals surface area contributed by atoms with Crippen molar-refractivity contribution in [3.63, 3.8) is 0 Å². The molecule has 2 aromatic carbocycles. The van der Waals surface area contributed by atoms with Gasteiger partial charge in [-0.3, -0.25) is 4.90 Å². The maximum Gasteiger partial charge on any atom is 0.318 e. The highest BCUT2D eigenvalue weighted by atomic mass is 16.5. The predicted octanol–water partition coefficient (Wildman–Crippen LogP) is 2.85. The summed E-state index contributed by atoms with van der Waals surface area (Å²) in [4.78, 5) is 18.5. The predicted molar refractivity (Wildman–Crippen MR) is 151 cm³/mol. The van der Waals surface area contributed by atoms with Gasteiger partial charge in [0.25, 0.3) is 0 Å². The Balaban J connectivity index is 1.47. The van der Waals surface area contributed by atoms with Crippen molar-refractivity contribution in [2.24, 2.45) is 0 Å². The van der Waals surface area contributed by atoms with Crippen molar-refractivity contribution < 1.29 is 14.9 Å². The second-order valence-electron chi connectivity index (χ2n) is 10.5. The summed E-state index contributed by atoms with van der Waals surface area (Å²) in [6.45, 7) is 10.9. The first-order valence-electron chi connectivity index (χ1n) is 13.3. The Kier molecular flexibility index (Phi) is 7.69. The molecule has 0 amide bonds. The molecule has 9 heteroatoms. The van der Waals surface area contributed by atoms with Gasteiger partial charge in [-0.25, -0.2) is 0 Å². The van der Waals surface area contributed by atoms with E-state index in [9.17, 15) is 10.2 Å². The Morgan fingerprint density at radius 3 is 2.58 bits per heavy atom. The van der Waals surface area contributed by atoms with Crippen molar-refractivity contribution in [3.05, 3.63) is 60.3 Å². The lowest BCUT2D eigenvalue weighted by Gasteiger charge is -2.39. The van der Waals surface area contributed by atoms with Crippen molar-refractivity contribution in [2.75, 3.05) is 63.2 Å². The lowest BCUT2D eigenvalue weighted by molar-refractivity contribution is 0.0379. The van der Waals surface area contributed by atoms with E-state index in [0.717, 1.165) is 79.2 Å². The van der Waals surface area contributed by atoms with Crippen LogP contribution in [0.4, 0.5) is 11.5 Å². The number of aromatic hydroxyl groups is 1. The number of fused-ring (bicyclic) bond motifs is 2. The average Bonchev–Trinajstić information content (AvgIpc) is 2.91. The van der Waals surface area contributed by atoms with Gasteiger partial charge in [0, 0.05) is 62.0 Å². The van der Waals surface area contributed by atoms with Gasteiger partial charge >= 0.3 is 6.01 Å². The van der Waals surface area contributed by atoms with E-state index < -0.39 is 6.23 Å². The topological polar surface area (TPSA) is 88.4 Å². The highest BCUT2D eigenvalue weighted by Crippen LogP contribution is 2.36. The van der Waals surface area contributed by atoms with E-state index in [2.05, 4.69) is 27.3 Å². The zero-order valence-corrected chi connectivity index (χ0v) is 22.5. The highest BCUT2D eigenvalue weighted by molar-refractivity contribution is 5.95. The lowest BCUT2D eigenvalue weighted by atomic mass is 10.0. The van der Waals surface area contributed by atoms with Crippen molar-refractivity contribution in [1.29, 1.82) is 0 Å². The molecule has 1 unspecified atom stereocenters. The number of phenols is 1. The number of ether oxygens (including phenoxy) is 1. The van der Waals surface area contributed by atoms with Crippen LogP contribution in [0.3, 0.4) is 0 Å². The SMILES string of the molecule is C=CC(O)N1CCN(c2nc(O[C@H](C)CN(C)C)nc3c2CCN(c2cc(O)cc4ccccc24)C3)CC1. The van der Waals surface area contributed by atoms with Crippen LogP contribution in [0, 0.1) is 0 Å². The van der Waals surface area contributed by atoms with E-state index in [1.54, 1.807) is 12.1 Å². The summed E-state index contributed by atoms with van der Waals surface area (Å²) in [6.07, 6.45) is 1.66. The molecule has 0 spiro atoms. The summed E-state index contributed by atoms with van der Waals surface area (Å²) >= 11 is 0. The first-order chi connectivity index (χ1) is 18.3. The third-order valence-corrected chi connectivity index (χ3v) is 7.32. The zero-order valence-electron chi connectivity index (χ0n) is 22.5. The fraction of sp³-hybridized carbons (Fsp3) is 0.448. The molecule has 1 saturated heterocycles. The molecule has 3 aromatic rings. The Labute approximate surface area is 224 Å². The average molecular weight is 519 g/mol. The molecule has 202 valence electrons. The van der Waals surface area contributed by atoms with Gasteiger partial charge in [-0.05, 0) is 45.0 Å². The highest BCUT2D eigenvalue weighted by Gasteiger charge is 2.29. The summed E-state index contributed by atoms with van der Waals surface area (Å²) in [7, 11) is 4.04. The molecule has 38 heavy (non-hydrogen) atoms. The largest absolute Gasteiger partial charge is 0.508 e. The maximum atomic E-state index is 10.4. The molecule has 1 fully saturated rings. The van der Waals surface area contributed by atoms with Gasteiger partial charge in [-0.15, -0.1) is 0 Å². The normalized spacial score (nSPS) is 17.9. The van der Waals surface area contributed by atoms with Gasteiger partial charge in [0.1, 0.15) is 23.9 Å². The summed E-state index contributed by atoms with van der Waals surface area (Å²) in [5.74, 6) is 1.18.